The first kappa shape index (κ1) is 29.8. The average molecular weight is 459 g/mol. The highest BCUT2D eigenvalue weighted by Gasteiger charge is 2.28. The molecule has 11 heteroatoms. The van der Waals surface area contributed by atoms with Crippen molar-refractivity contribution >= 4 is 23.7 Å². The van der Waals surface area contributed by atoms with Crippen LogP contribution < -0.4 is 33.2 Å². The maximum absolute atomic E-state index is 12.7. The Balaban J connectivity index is 5.03. The van der Waals surface area contributed by atoms with E-state index < -0.39 is 47.9 Å². The Morgan fingerprint density at radius 1 is 0.750 bits per heavy atom. The Morgan fingerprint density at radius 2 is 1.28 bits per heavy atom. The molecule has 10 N–H and O–H groups in total. The fourth-order valence-electron chi connectivity index (χ4n) is 3.05. The summed E-state index contributed by atoms with van der Waals surface area (Å²) in [5.74, 6) is -2.68. The molecule has 32 heavy (non-hydrogen) atoms. The molecular weight excluding hydrogens is 416 g/mol. The van der Waals surface area contributed by atoms with Gasteiger partial charge < -0.3 is 38.3 Å². The van der Waals surface area contributed by atoms with E-state index in [1.807, 2.05) is 13.8 Å². The van der Waals surface area contributed by atoms with Crippen LogP contribution >= 0.6 is 0 Å². The fraction of sp³-hybridized carbons (Fsp3) is 0.810. The molecule has 0 radical (unpaired) electrons. The molecule has 0 rings (SSSR count). The second-order valence-corrected chi connectivity index (χ2v) is 8.50. The van der Waals surface area contributed by atoms with E-state index in [-0.39, 0.29) is 12.3 Å². The second-order valence-electron chi connectivity index (χ2n) is 8.50. The summed E-state index contributed by atoms with van der Waals surface area (Å²) in [6.45, 7) is 6.15. The number of amides is 3. The zero-order valence-corrected chi connectivity index (χ0v) is 19.6. The zero-order valence-electron chi connectivity index (χ0n) is 19.6. The first-order valence-electron chi connectivity index (χ1n) is 11.3. The zero-order chi connectivity index (χ0) is 24.7. The van der Waals surface area contributed by atoms with Crippen molar-refractivity contribution in [3.8, 4) is 0 Å². The SMILES string of the molecule is CC(C)CC(NC(=O)C(CCCCN)NC(=O)C(C)NC(=O)C(N)CCCCN)C(=O)O. The maximum Gasteiger partial charge on any atom is 0.326 e. The summed E-state index contributed by atoms with van der Waals surface area (Å²) in [4.78, 5) is 49.0. The van der Waals surface area contributed by atoms with Crippen LogP contribution in [0.2, 0.25) is 0 Å². The molecule has 0 heterocycles. The quantitative estimate of drug-likeness (QED) is 0.137. The molecule has 0 saturated heterocycles. The van der Waals surface area contributed by atoms with Crippen LogP contribution in [0.4, 0.5) is 0 Å². The van der Waals surface area contributed by atoms with E-state index >= 15 is 0 Å². The Labute approximate surface area is 190 Å². The Morgan fingerprint density at radius 3 is 1.78 bits per heavy atom. The third-order valence-corrected chi connectivity index (χ3v) is 4.96. The second kappa shape index (κ2) is 16.4. The van der Waals surface area contributed by atoms with E-state index in [0.717, 1.165) is 6.42 Å². The Bertz CT molecular complexity index is 601. The number of carboxylic acids is 1. The molecule has 0 aromatic heterocycles. The average Bonchev–Trinajstić information content (AvgIpc) is 2.71. The maximum atomic E-state index is 12.7. The van der Waals surface area contributed by atoms with Crippen molar-refractivity contribution in [2.75, 3.05) is 13.1 Å². The number of hydrogen-bond donors (Lipinski definition) is 7. The summed E-state index contributed by atoms with van der Waals surface area (Å²) < 4.78 is 0. The molecule has 4 unspecified atom stereocenters. The van der Waals surface area contributed by atoms with Gasteiger partial charge in [-0.1, -0.05) is 20.3 Å². The predicted molar refractivity (Wildman–Crippen MR) is 122 cm³/mol. The molecule has 3 amide bonds. The van der Waals surface area contributed by atoms with Gasteiger partial charge in [-0.15, -0.1) is 0 Å². The van der Waals surface area contributed by atoms with Gasteiger partial charge in [0.25, 0.3) is 0 Å². The van der Waals surface area contributed by atoms with Gasteiger partial charge in [0.1, 0.15) is 18.1 Å². The van der Waals surface area contributed by atoms with Crippen LogP contribution in [0.25, 0.3) is 0 Å². The van der Waals surface area contributed by atoms with Crippen molar-refractivity contribution in [3.63, 3.8) is 0 Å². The minimum atomic E-state index is -1.14. The van der Waals surface area contributed by atoms with Crippen molar-refractivity contribution in [1.82, 2.24) is 16.0 Å². The van der Waals surface area contributed by atoms with Gasteiger partial charge in [0, 0.05) is 0 Å². The molecular formula is C21H42N6O5. The van der Waals surface area contributed by atoms with Crippen LogP contribution in [-0.2, 0) is 19.2 Å². The molecule has 4 atom stereocenters. The van der Waals surface area contributed by atoms with Gasteiger partial charge in [-0.05, 0) is 64.5 Å². The van der Waals surface area contributed by atoms with Crippen molar-refractivity contribution in [3.05, 3.63) is 0 Å². The van der Waals surface area contributed by atoms with Gasteiger partial charge in [-0.2, -0.15) is 0 Å². The number of carboxylic acid groups (broad SMARTS) is 1. The van der Waals surface area contributed by atoms with E-state index in [0.29, 0.717) is 45.2 Å². The number of rotatable bonds is 17. The number of aliphatic carboxylic acids is 1. The van der Waals surface area contributed by atoms with E-state index in [2.05, 4.69) is 16.0 Å². The number of hydrogen-bond acceptors (Lipinski definition) is 7. The third kappa shape index (κ3) is 12.6. The summed E-state index contributed by atoms with van der Waals surface area (Å²) in [5.41, 5.74) is 16.8. The summed E-state index contributed by atoms with van der Waals surface area (Å²) in [6.07, 6.45) is 3.69. The van der Waals surface area contributed by atoms with Gasteiger partial charge in [0.15, 0.2) is 0 Å². The molecule has 0 bridgehead atoms. The summed E-state index contributed by atoms with van der Waals surface area (Å²) >= 11 is 0. The number of nitrogens with one attached hydrogen (secondary N) is 3. The molecule has 11 nitrogen and oxygen atoms in total. The van der Waals surface area contributed by atoms with Crippen molar-refractivity contribution < 1.29 is 24.3 Å². The number of nitrogens with two attached hydrogens (primary N) is 3. The summed E-state index contributed by atoms with van der Waals surface area (Å²) in [5, 5.41) is 17.0. The minimum absolute atomic E-state index is 0.0611. The van der Waals surface area contributed by atoms with E-state index in [1.54, 1.807) is 0 Å². The normalized spacial score (nSPS) is 14.8. The summed E-state index contributed by atoms with van der Waals surface area (Å²) in [6, 6.07) is -3.67. The highest BCUT2D eigenvalue weighted by molar-refractivity contribution is 5.93. The van der Waals surface area contributed by atoms with Gasteiger partial charge >= 0.3 is 5.97 Å². The van der Waals surface area contributed by atoms with Crippen LogP contribution in [0.15, 0.2) is 0 Å². The molecule has 0 saturated carbocycles. The molecule has 0 spiro atoms. The first-order valence-corrected chi connectivity index (χ1v) is 11.3. The number of carbonyl (C=O) groups excluding carboxylic acids is 3. The standard InChI is InChI=1S/C21H42N6O5/c1-13(2)12-17(21(31)32)27-20(30)16(9-5-7-11-23)26-18(28)14(3)25-19(29)15(24)8-4-6-10-22/h13-17H,4-12,22-24H2,1-3H3,(H,25,29)(H,26,28)(H,27,30)(H,31,32). The Kier molecular flexibility index (Phi) is 15.3. The monoisotopic (exact) mass is 458 g/mol. The lowest BCUT2D eigenvalue weighted by molar-refractivity contribution is -0.142. The Hall–Kier alpha value is -2.24. The van der Waals surface area contributed by atoms with Crippen LogP contribution in [0, 0.1) is 5.92 Å². The lowest BCUT2D eigenvalue weighted by Crippen LogP contribution is -2.56. The molecule has 0 aliphatic carbocycles. The van der Waals surface area contributed by atoms with Crippen molar-refractivity contribution in [2.24, 2.45) is 23.1 Å². The van der Waals surface area contributed by atoms with E-state index in [4.69, 9.17) is 17.2 Å². The smallest absolute Gasteiger partial charge is 0.326 e. The van der Waals surface area contributed by atoms with E-state index in [9.17, 15) is 24.3 Å². The van der Waals surface area contributed by atoms with Crippen LogP contribution in [0.1, 0.15) is 65.7 Å². The van der Waals surface area contributed by atoms with Gasteiger partial charge in [-0.25, -0.2) is 4.79 Å². The number of carbonyl (C=O) groups is 4. The lowest BCUT2D eigenvalue weighted by Gasteiger charge is -2.24. The van der Waals surface area contributed by atoms with Crippen LogP contribution in [0.5, 0.6) is 0 Å². The predicted octanol–water partition coefficient (Wildman–Crippen LogP) is -0.823. The molecule has 0 aromatic rings. The lowest BCUT2D eigenvalue weighted by atomic mass is 10.0. The van der Waals surface area contributed by atoms with Gasteiger partial charge in [-0.3, -0.25) is 14.4 Å². The molecule has 0 fully saturated rings. The van der Waals surface area contributed by atoms with Gasteiger partial charge in [0.2, 0.25) is 17.7 Å². The number of unbranched alkanes of at least 4 members (excludes halogenated alkanes) is 2. The fourth-order valence-corrected chi connectivity index (χ4v) is 3.05. The van der Waals surface area contributed by atoms with Gasteiger partial charge in [0.05, 0.1) is 6.04 Å². The van der Waals surface area contributed by atoms with E-state index in [1.165, 1.54) is 6.92 Å². The first-order chi connectivity index (χ1) is 15.0. The minimum Gasteiger partial charge on any atom is -0.480 e. The molecule has 0 aliphatic heterocycles. The topological polar surface area (TPSA) is 203 Å². The van der Waals surface area contributed by atoms with Crippen molar-refractivity contribution in [2.45, 2.75) is 89.9 Å². The molecule has 0 aliphatic rings. The van der Waals surface area contributed by atoms with Crippen LogP contribution in [0.3, 0.4) is 0 Å². The summed E-state index contributed by atoms with van der Waals surface area (Å²) in [7, 11) is 0. The largest absolute Gasteiger partial charge is 0.480 e. The third-order valence-electron chi connectivity index (χ3n) is 4.96. The van der Waals surface area contributed by atoms with Crippen molar-refractivity contribution in [1.29, 1.82) is 0 Å². The highest BCUT2D eigenvalue weighted by atomic mass is 16.4. The molecule has 0 aromatic carbocycles. The van der Waals surface area contributed by atoms with Crippen LogP contribution in [-0.4, -0.2) is 66.1 Å². The highest BCUT2D eigenvalue weighted by Crippen LogP contribution is 2.08. The molecule has 186 valence electrons.